The molecule has 0 radical (unpaired) electrons. The van der Waals surface area contributed by atoms with E-state index in [1.807, 2.05) is 0 Å². The van der Waals surface area contributed by atoms with Crippen molar-refractivity contribution in [2.45, 2.75) is 366 Å². The average molecular weight is 1000 g/mol. The van der Waals surface area contributed by atoms with Gasteiger partial charge in [0, 0.05) is 12.8 Å². The summed E-state index contributed by atoms with van der Waals surface area (Å²) in [5.41, 5.74) is 0. The number of unbranched alkanes of at least 4 members (excludes halogenated alkanes) is 45. The van der Waals surface area contributed by atoms with Gasteiger partial charge in [-0.15, -0.1) is 0 Å². The highest BCUT2D eigenvalue weighted by atomic mass is 16.5. The summed E-state index contributed by atoms with van der Waals surface area (Å²) >= 11 is 0. The first-order valence-electron chi connectivity index (χ1n) is 32.1. The summed E-state index contributed by atoms with van der Waals surface area (Å²) in [4.78, 5) is 24.5. The molecule has 420 valence electrons. The largest absolute Gasteiger partial charge is 0.466 e. The number of hydrogen-bond acceptors (Lipinski definition) is 5. The summed E-state index contributed by atoms with van der Waals surface area (Å²) in [5, 5.41) is 23.2. The van der Waals surface area contributed by atoms with E-state index in [4.69, 9.17) is 4.74 Å². The summed E-state index contributed by atoms with van der Waals surface area (Å²) in [7, 11) is 0. The van der Waals surface area contributed by atoms with E-state index in [1.54, 1.807) is 0 Å². The van der Waals surface area contributed by atoms with Crippen LogP contribution in [-0.2, 0) is 14.3 Å². The Hall–Kier alpha value is -1.66. The Morgan fingerprint density at radius 2 is 0.704 bits per heavy atom. The van der Waals surface area contributed by atoms with E-state index in [0.29, 0.717) is 25.9 Å². The highest BCUT2D eigenvalue weighted by Crippen LogP contribution is 2.18. The number of ether oxygens (including phenoxy) is 1. The van der Waals surface area contributed by atoms with Gasteiger partial charge in [-0.3, -0.25) is 9.59 Å². The molecule has 0 aromatic rings. The Morgan fingerprint density at radius 3 is 1.08 bits per heavy atom. The molecule has 0 rings (SSSR count). The van der Waals surface area contributed by atoms with Crippen LogP contribution >= 0.6 is 0 Å². The van der Waals surface area contributed by atoms with Crippen LogP contribution in [0.4, 0.5) is 0 Å². The van der Waals surface area contributed by atoms with Crippen molar-refractivity contribution in [3.63, 3.8) is 0 Å². The molecular formula is C65H125NO5. The number of aliphatic hydroxyl groups excluding tert-OH is 2. The summed E-state index contributed by atoms with van der Waals surface area (Å²) in [6.45, 7) is 4.94. The fraction of sp³-hybridized carbons (Fsp3) is 0.908. The molecule has 0 aromatic carbocycles. The fourth-order valence-corrected chi connectivity index (χ4v) is 10.1. The number of rotatable bonds is 60. The molecule has 0 spiro atoms. The van der Waals surface area contributed by atoms with Crippen molar-refractivity contribution in [1.82, 2.24) is 5.32 Å². The molecule has 0 aliphatic rings. The van der Waals surface area contributed by atoms with Crippen LogP contribution in [0.1, 0.15) is 354 Å². The normalized spacial score (nSPS) is 12.7. The van der Waals surface area contributed by atoms with Crippen molar-refractivity contribution in [3.05, 3.63) is 24.3 Å². The number of nitrogens with one attached hydrogen (secondary N) is 1. The molecule has 0 aliphatic carbocycles. The van der Waals surface area contributed by atoms with Crippen molar-refractivity contribution >= 4 is 11.9 Å². The molecule has 3 N–H and O–H groups in total. The van der Waals surface area contributed by atoms with Crippen molar-refractivity contribution in [3.8, 4) is 0 Å². The first-order valence-corrected chi connectivity index (χ1v) is 32.1. The van der Waals surface area contributed by atoms with Gasteiger partial charge >= 0.3 is 5.97 Å². The zero-order valence-electron chi connectivity index (χ0n) is 48.0. The lowest BCUT2D eigenvalue weighted by Gasteiger charge is -2.22. The first-order chi connectivity index (χ1) is 35.0. The van der Waals surface area contributed by atoms with E-state index >= 15 is 0 Å². The van der Waals surface area contributed by atoms with E-state index < -0.39 is 12.1 Å². The van der Waals surface area contributed by atoms with E-state index in [-0.39, 0.29) is 18.5 Å². The predicted molar refractivity (Wildman–Crippen MR) is 310 cm³/mol. The van der Waals surface area contributed by atoms with Crippen molar-refractivity contribution in [2.24, 2.45) is 0 Å². The molecule has 0 bridgehead atoms. The summed E-state index contributed by atoms with van der Waals surface area (Å²) in [5.74, 6) is -0.0267. The van der Waals surface area contributed by atoms with E-state index in [9.17, 15) is 19.8 Å². The van der Waals surface area contributed by atoms with Gasteiger partial charge in [-0.25, -0.2) is 0 Å². The third kappa shape index (κ3) is 57.5. The lowest BCUT2D eigenvalue weighted by Crippen LogP contribution is -2.45. The smallest absolute Gasteiger partial charge is 0.305 e. The topological polar surface area (TPSA) is 95.9 Å². The number of aliphatic hydroxyl groups is 2. The van der Waals surface area contributed by atoms with Gasteiger partial charge in [-0.05, 0) is 57.8 Å². The predicted octanol–water partition coefficient (Wildman–Crippen LogP) is 20.2. The molecule has 0 aromatic heterocycles. The number of esters is 1. The molecule has 0 fully saturated rings. The summed E-state index contributed by atoms with van der Waals surface area (Å²) in [6.07, 6.45) is 75.0. The molecule has 2 unspecified atom stereocenters. The molecule has 0 heterocycles. The van der Waals surface area contributed by atoms with Gasteiger partial charge in [0.25, 0.3) is 0 Å². The zero-order chi connectivity index (χ0) is 51.4. The number of amides is 1. The Kier molecular flexibility index (Phi) is 59.5. The standard InChI is InChI=1S/C65H125NO5/c1-3-5-7-9-11-13-15-16-17-33-36-39-43-47-51-55-59-65(70)71-60-56-52-48-44-40-37-34-31-29-27-25-23-21-19-18-20-22-24-26-28-30-32-35-38-42-46-50-54-58-64(69)66-62(61-67)63(68)57-53-49-45-41-14-12-10-8-6-4-2/h13,15,17,33,62-63,67-68H,3-12,14,16,18-32,34-61H2,1-2H3,(H,66,69)/b15-13-,33-17-. The minimum Gasteiger partial charge on any atom is -0.466 e. The minimum atomic E-state index is -0.660. The second-order valence-corrected chi connectivity index (χ2v) is 22.1. The zero-order valence-corrected chi connectivity index (χ0v) is 48.0. The van der Waals surface area contributed by atoms with Gasteiger partial charge in [0.1, 0.15) is 0 Å². The van der Waals surface area contributed by atoms with Gasteiger partial charge in [-0.1, -0.05) is 308 Å². The molecule has 6 heteroatoms. The molecule has 0 saturated heterocycles. The maximum atomic E-state index is 12.4. The SMILES string of the molecule is CCCCCC/C=C\C/C=C\CCCCCCCC(=O)OCCCCCCCCCCCCCCCCCCCCCCCCCCCCCCC(=O)NC(CO)C(O)CCCCCCCCCCCC. The van der Waals surface area contributed by atoms with Crippen molar-refractivity contribution in [2.75, 3.05) is 13.2 Å². The lowest BCUT2D eigenvalue weighted by molar-refractivity contribution is -0.143. The third-order valence-corrected chi connectivity index (χ3v) is 15.0. The Morgan fingerprint density at radius 1 is 0.394 bits per heavy atom. The minimum absolute atomic E-state index is 0.00556. The monoisotopic (exact) mass is 1000 g/mol. The fourth-order valence-electron chi connectivity index (χ4n) is 10.1. The van der Waals surface area contributed by atoms with E-state index in [2.05, 4.69) is 43.5 Å². The van der Waals surface area contributed by atoms with Crippen molar-refractivity contribution in [1.29, 1.82) is 0 Å². The quantitative estimate of drug-likeness (QED) is 0.0320. The van der Waals surface area contributed by atoms with Crippen LogP contribution in [0, 0.1) is 0 Å². The Balaban J connectivity index is 3.32. The van der Waals surface area contributed by atoms with Gasteiger partial charge in [0.15, 0.2) is 0 Å². The van der Waals surface area contributed by atoms with Crippen LogP contribution < -0.4 is 5.32 Å². The molecule has 1 amide bonds. The van der Waals surface area contributed by atoms with Crippen LogP contribution in [0.2, 0.25) is 0 Å². The Labute approximate surface area is 443 Å². The molecule has 0 saturated carbocycles. The van der Waals surface area contributed by atoms with Crippen LogP contribution in [0.25, 0.3) is 0 Å². The maximum Gasteiger partial charge on any atom is 0.305 e. The lowest BCUT2D eigenvalue weighted by atomic mass is 10.0. The molecule has 71 heavy (non-hydrogen) atoms. The van der Waals surface area contributed by atoms with Crippen LogP contribution in [0.5, 0.6) is 0 Å². The van der Waals surface area contributed by atoms with Gasteiger partial charge < -0.3 is 20.3 Å². The average Bonchev–Trinajstić information content (AvgIpc) is 3.37. The first kappa shape index (κ1) is 69.3. The Bertz CT molecular complexity index is 1110. The molecule has 0 aliphatic heterocycles. The summed E-state index contributed by atoms with van der Waals surface area (Å²) in [6, 6.07) is -0.537. The van der Waals surface area contributed by atoms with Gasteiger partial charge in [-0.2, -0.15) is 0 Å². The highest BCUT2D eigenvalue weighted by molar-refractivity contribution is 5.76. The molecular weight excluding hydrogens is 875 g/mol. The van der Waals surface area contributed by atoms with Crippen molar-refractivity contribution < 1.29 is 24.5 Å². The number of allylic oxidation sites excluding steroid dienone is 4. The van der Waals surface area contributed by atoms with E-state index in [0.717, 1.165) is 51.4 Å². The number of carbonyl (C=O) groups is 2. The molecule has 6 nitrogen and oxygen atoms in total. The number of carbonyl (C=O) groups excluding carboxylic acids is 2. The van der Waals surface area contributed by atoms with Crippen LogP contribution in [0.15, 0.2) is 24.3 Å². The second kappa shape index (κ2) is 60.9. The van der Waals surface area contributed by atoms with Gasteiger partial charge in [0.05, 0.1) is 25.4 Å². The van der Waals surface area contributed by atoms with Crippen LogP contribution in [0.3, 0.4) is 0 Å². The highest BCUT2D eigenvalue weighted by Gasteiger charge is 2.20. The summed E-state index contributed by atoms with van der Waals surface area (Å²) < 4.78 is 5.49. The van der Waals surface area contributed by atoms with Crippen LogP contribution in [-0.4, -0.2) is 47.4 Å². The number of hydrogen-bond donors (Lipinski definition) is 3. The van der Waals surface area contributed by atoms with Gasteiger partial charge in [0.2, 0.25) is 5.91 Å². The second-order valence-electron chi connectivity index (χ2n) is 22.1. The van der Waals surface area contributed by atoms with E-state index in [1.165, 1.54) is 270 Å². The third-order valence-electron chi connectivity index (χ3n) is 15.0. The molecule has 2 atom stereocenters. The maximum absolute atomic E-state index is 12.4.